The highest BCUT2D eigenvalue weighted by Gasteiger charge is 2.35. The Labute approximate surface area is 288 Å². The summed E-state index contributed by atoms with van der Waals surface area (Å²) in [4.78, 5) is 30.2. The summed E-state index contributed by atoms with van der Waals surface area (Å²) >= 11 is 12.8. The van der Waals surface area contributed by atoms with Crippen molar-refractivity contribution in [2.24, 2.45) is 0 Å². The Balaban J connectivity index is 1.86. The van der Waals surface area contributed by atoms with Gasteiger partial charge in [0.2, 0.25) is 11.8 Å². The average molecular weight is 695 g/mol. The highest BCUT2D eigenvalue weighted by Crippen LogP contribution is 2.30. The number of benzene rings is 4. The van der Waals surface area contributed by atoms with Gasteiger partial charge in [-0.05, 0) is 86.7 Å². The van der Waals surface area contributed by atoms with E-state index in [4.69, 9.17) is 23.2 Å². The fraction of sp³-hybridized carbons (Fsp3) is 0.297. The van der Waals surface area contributed by atoms with E-state index in [-0.39, 0.29) is 29.8 Å². The van der Waals surface area contributed by atoms with Gasteiger partial charge in [-0.3, -0.25) is 13.9 Å². The third kappa shape index (κ3) is 8.95. The van der Waals surface area contributed by atoms with Crippen molar-refractivity contribution in [3.63, 3.8) is 0 Å². The lowest BCUT2D eigenvalue weighted by Gasteiger charge is -2.35. The van der Waals surface area contributed by atoms with Gasteiger partial charge in [-0.2, -0.15) is 0 Å². The van der Waals surface area contributed by atoms with Gasteiger partial charge in [0.1, 0.15) is 12.6 Å². The number of nitrogens with one attached hydrogen (secondary N) is 1. The largest absolute Gasteiger partial charge is 0.352 e. The first-order valence-electron chi connectivity index (χ1n) is 15.5. The van der Waals surface area contributed by atoms with Crippen molar-refractivity contribution in [3.8, 4) is 0 Å². The molecule has 0 bridgehead atoms. The van der Waals surface area contributed by atoms with Gasteiger partial charge in [-0.1, -0.05) is 96.4 Å². The van der Waals surface area contributed by atoms with Crippen LogP contribution < -0.4 is 9.62 Å². The number of nitrogens with zero attached hydrogens (tertiary/aromatic N) is 2. The minimum atomic E-state index is -4.21. The number of rotatable bonds is 13. The number of anilines is 1. The zero-order valence-electron chi connectivity index (χ0n) is 27.3. The second-order valence-electron chi connectivity index (χ2n) is 11.8. The molecule has 0 aliphatic heterocycles. The lowest BCUT2D eigenvalue weighted by atomic mass is 10.0. The summed E-state index contributed by atoms with van der Waals surface area (Å²) in [6.45, 7) is 8.86. The molecule has 0 saturated carbocycles. The number of carbonyl (C=O) groups is 2. The maximum atomic E-state index is 14.7. The summed E-state index contributed by atoms with van der Waals surface area (Å²) in [5.41, 5.74) is 4.29. The zero-order chi connectivity index (χ0) is 34.3. The van der Waals surface area contributed by atoms with Crippen LogP contribution in [0.3, 0.4) is 0 Å². The molecule has 0 aliphatic carbocycles. The molecular formula is C37H41Cl2N3O4S. The number of hydrogen-bond acceptors (Lipinski definition) is 4. The molecule has 2 amide bonds. The minimum absolute atomic E-state index is 0.0501. The first-order chi connectivity index (χ1) is 22.3. The van der Waals surface area contributed by atoms with Crippen molar-refractivity contribution < 1.29 is 18.0 Å². The molecule has 7 nitrogen and oxygen atoms in total. The molecule has 0 aliphatic rings. The van der Waals surface area contributed by atoms with E-state index < -0.39 is 28.5 Å². The summed E-state index contributed by atoms with van der Waals surface area (Å²) in [6.07, 6.45) is 0.893. The van der Waals surface area contributed by atoms with Crippen molar-refractivity contribution in [1.29, 1.82) is 0 Å². The van der Waals surface area contributed by atoms with Gasteiger partial charge in [0.15, 0.2) is 0 Å². The second kappa shape index (κ2) is 15.8. The fourth-order valence-electron chi connectivity index (χ4n) is 5.19. The molecule has 0 saturated heterocycles. The molecule has 248 valence electrons. The Morgan fingerprint density at radius 1 is 0.872 bits per heavy atom. The van der Waals surface area contributed by atoms with Crippen molar-refractivity contribution in [2.75, 3.05) is 10.8 Å². The Bertz CT molecular complexity index is 1820. The average Bonchev–Trinajstić information content (AvgIpc) is 3.04. The van der Waals surface area contributed by atoms with Crippen LogP contribution in [-0.2, 0) is 32.6 Å². The van der Waals surface area contributed by atoms with Gasteiger partial charge in [0, 0.05) is 29.1 Å². The van der Waals surface area contributed by atoms with Crippen LogP contribution in [-0.4, -0.2) is 43.8 Å². The molecule has 0 unspecified atom stereocenters. The van der Waals surface area contributed by atoms with E-state index in [0.29, 0.717) is 27.7 Å². The van der Waals surface area contributed by atoms with E-state index in [0.717, 1.165) is 26.6 Å². The number of sulfonamides is 1. The SMILES string of the molecule is CC[C@@H](C)NC(=O)[C@H](Cc1ccccc1)N(Cc1ccc(Cl)cc1Cl)C(=O)CN(c1cccc(C)c1C)S(=O)(=O)c1ccc(C)cc1. The normalized spacial score (nSPS) is 12.7. The number of carbonyl (C=O) groups excluding carboxylic acids is 2. The number of halogens is 2. The lowest BCUT2D eigenvalue weighted by molar-refractivity contribution is -0.140. The first kappa shape index (κ1) is 36.0. The van der Waals surface area contributed by atoms with E-state index >= 15 is 0 Å². The molecule has 0 fully saturated rings. The van der Waals surface area contributed by atoms with E-state index in [2.05, 4.69) is 5.32 Å². The Morgan fingerprint density at radius 3 is 2.19 bits per heavy atom. The van der Waals surface area contributed by atoms with E-state index in [1.165, 1.54) is 17.0 Å². The van der Waals surface area contributed by atoms with Crippen LogP contribution in [0.15, 0.2) is 95.9 Å². The third-order valence-electron chi connectivity index (χ3n) is 8.36. The molecule has 10 heteroatoms. The molecular weight excluding hydrogens is 653 g/mol. The van der Waals surface area contributed by atoms with E-state index in [1.54, 1.807) is 42.5 Å². The fourth-order valence-corrected chi connectivity index (χ4v) is 7.12. The summed E-state index contributed by atoms with van der Waals surface area (Å²) in [5.74, 6) is -0.908. The predicted octanol–water partition coefficient (Wildman–Crippen LogP) is 7.67. The molecule has 0 heterocycles. The monoisotopic (exact) mass is 693 g/mol. The summed E-state index contributed by atoms with van der Waals surface area (Å²) < 4.78 is 29.8. The first-order valence-corrected chi connectivity index (χ1v) is 17.7. The van der Waals surface area contributed by atoms with E-state index in [1.807, 2.05) is 71.0 Å². The van der Waals surface area contributed by atoms with Crippen LogP contribution in [0.2, 0.25) is 10.0 Å². The quantitative estimate of drug-likeness (QED) is 0.156. The van der Waals surface area contributed by atoms with Gasteiger partial charge >= 0.3 is 0 Å². The van der Waals surface area contributed by atoms with Crippen LogP contribution >= 0.6 is 23.2 Å². The topological polar surface area (TPSA) is 86.8 Å². The Hall–Kier alpha value is -3.85. The highest BCUT2D eigenvalue weighted by molar-refractivity contribution is 7.92. The highest BCUT2D eigenvalue weighted by atomic mass is 35.5. The van der Waals surface area contributed by atoms with Gasteiger partial charge in [-0.25, -0.2) is 8.42 Å². The van der Waals surface area contributed by atoms with Crippen molar-refractivity contribution >= 4 is 50.7 Å². The minimum Gasteiger partial charge on any atom is -0.352 e. The lowest BCUT2D eigenvalue weighted by Crippen LogP contribution is -2.54. The van der Waals surface area contributed by atoms with Crippen LogP contribution in [0, 0.1) is 20.8 Å². The maximum Gasteiger partial charge on any atom is 0.264 e. The maximum absolute atomic E-state index is 14.7. The molecule has 2 atom stereocenters. The van der Waals surface area contributed by atoms with Gasteiger partial charge < -0.3 is 10.2 Å². The van der Waals surface area contributed by atoms with Crippen LogP contribution in [0.25, 0.3) is 0 Å². The standard InChI is InChI=1S/C37H41Cl2N3O4S/c1-6-27(4)40-37(44)35(21-29-12-8-7-9-13-29)41(23-30-17-18-31(38)22-33(30)39)36(43)24-42(34-14-10-11-26(3)28(34)5)47(45,46)32-19-15-25(2)16-20-32/h7-20,22,27,35H,6,21,23-24H2,1-5H3,(H,40,44)/t27-,35+/m1/s1. The number of amides is 2. The van der Waals surface area contributed by atoms with Crippen molar-refractivity contribution in [3.05, 3.63) is 129 Å². The van der Waals surface area contributed by atoms with Gasteiger partial charge in [0.25, 0.3) is 10.0 Å². The van der Waals surface area contributed by atoms with Crippen LogP contribution in [0.5, 0.6) is 0 Å². The summed E-state index contributed by atoms with van der Waals surface area (Å²) in [7, 11) is -4.21. The molecule has 4 aromatic carbocycles. The smallest absolute Gasteiger partial charge is 0.264 e. The summed E-state index contributed by atoms with van der Waals surface area (Å²) in [6, 6.07) is 25.1. The molecule has 1 N–H and O–H groups in total. The van der Waals surface area contributed by atoms with Crippen molar-refractivity contribution in [1.82, 2.24) is 10.2 Å². The molecule has 0 aromatic heterocycles. The Morgan fingerprint density at radius 2 is 1.55 bits per heavy atom. The van der Waals surface area contributed by atoms with E-state index in [9.17, 15) is 18.0 Å². The molecule has 4 rings (SSSR count). The molecule has 47 heavy (non-hydrogen) atoms. The molecule has 0 radical (unpaired) electrons. The zero-order valence-corrected chi connectivity index (χ0v) is 29.7. The van der Waals surface area contributed by atoms with Crippen molar-refractivity contribution in [2.45, 2.75) is 71.0 Å². The second-order valence-corrected chi connectivity index (χ2v) is 14.5. The predicted molar refractivity (Wildman–Crippen MR) is 190 cm³/mol. The molecule has 4 aromatic rings. The van der Waals surface area contributed by atoms with Gasteiger partial charge in [-0.15, -0.1) is 0 Å². The van der Waals surface area contributed by atoms with Gasteiger partial charge in [0.05, 0.1) is 10.6 Å². The van der Waals surface area contributed by atoms with Crippen LogP contribution in [0.4, 0.5) is 5.69 Å². The Kier molecular flexibility index (Phi) is 12.1. The summed E-state index contributed by atoms with van der Waals surface area (Å²) in [5, 5.41) is 3.80. The van der Waals surface area contributed by atoms with Crippen LogP contribution in [0.1, 0.15) is 48.1 Å². The number of aryl methyl sites for hydroxylation is 2. The number of hydrogen-bond donors (Lipinski definition) is 1. The molecule has 0 spiro atoms. The third-order valence-corrected chi connectivity index (χ3v) is 10.7.